The highest BCUT2D eigenvalue weighted by Crippen LogP contribution is 2.71. The van der Waals surface area contributed by atoms with Crippen LogP contribution in [0.1, 0.15) is 42.6 Å². The van der Waals surface area contributed by atoms with Gasteiger partial charge in [-0.15, -0.1) is 0 Å². The van der Waals surface area contributed by atoms with E-state index in [9.17, 15) is 14.4 Å². The SMILES string of the molecule is O=C(c1ccc(Cl)cc1)[C@@H]1[C@@H](c2ccccc2Cl)C12C(=O)c1ccccc1C2=O. The Kier molecular flexibility index (Phi) is 4.02. The van der Waals surface area contributed by atoms with E-state index in [1.54, 1.807) is 72.8 Å². The van der Waals surface area contributed by atoms with Gasteiger partial charge in [-0.1, -0.05) is 65.7 Å². The number of rotatable bonds is 3. The van der Waals surface area contributed by atoms with Crippen molar-refractivity contribution in [3.8, 4) is 0 Å². The molecular weight excluding hydrogens is 407 g/mol. The van der Waals surface area contributed by atoms with Gasteiger partial charge >= 0.3 is 0 Å². The van der Waals surface area contributed by atoms with Crippen molar-refractivity contribution in [3.05, 3.63) is 105 Å². The second-order valence-corrected chi connectivity index (χ2v) is 8.26. The number of ketones is 3. The molecule has 0 bridgehead atoms. The first-order chi connectivity index (χ1) is 14.0. The van der Waals surface area contributed by atoms with Gasteiger partial charge in [0.1, 0.15) is 5.41 Å². The molecule has 0 radical (unpaired) electrons. The molecule has 0 aliphatic heterocycles. The molecule has 0 amide bonds. The Bertz CT molecular complexity index is 1160. The van der Waals surface area contributed by atoms with Gasteiger partial charge in [0, 0.05) is 32.7 Å². The van der Waals surface area contributed by atoms with Gasteiger partial charge in [-0.25, -0.2) is 0 Å². The maximum atomic E-state index is 13.4. The fourth-order valence-electron chi connectivity index (χ4n) is 4.68. The number of carbonyl (C=O) groups is 3. The smallest absolute Gasteiger partial charge is 0.178 e. The minimum absolute atomic E-state index is 0.249. The van der Waals surface area contributed by atoms with Crippen LogP contribution in [0.3, 0.4) is 0 Å². The molecule has 2 atom stereocenters. The average molecular weight is 421 g/mol. The van der Waals surface area contributed by atoms with E-state index in [1.807, 2.05) is 0 Å². The minimum atomic E-state index is -1.43. The predicted octanol–water partition coefficient (Wildman–Crippen LogP) is 5.66. The lowest BCUT2D eigenvalue weighted by atomic mass is 9.91. The summed E-state index contributed by atoms with van der Waals surface area (Å²) in [4.78, 5) is 40.3. The highest BCUT2D eigenvalue weighted by atomic mass is 35.5. The van der Waals surface area contributed by atoms with E-state index < -0.39 is 17.3 Å². The van der Waals surface area contributed by atoms with E-state index in [4.69, 9.17) is 23.2 Å². The van der Waals surface area contributed by atoms with Gasteiger partial charge in [0.05, 0.1) is 5.92 Å². The fourth-order valence-corrected chi connectivity index (χ4v) is 5.06. The first kappa shape index (κ1) is 18.3. The highest BCUT2D eigenvalue weighted by Gasteiger charge is 2.79. The number of fused-ring (bicyclic) bond motifs is 1. The summed E-state index contributed by atoms with van der Waals surface area (Å²) in [5.41, 5.74) is 0.397. The van der Waals surface area contributed by atoms with Crippen LogP contribution in [0.25, 0.3) is 0 Å². The van der Waals surface area contributed by atoms with Gasteiger partial charge in [0.15, 0.2) is 17.3 Å². The summed E-state index contributed by atoms with van der Waals surface area (Å²) in [5, 5.41) is 0.954. The molecule has 142 valence electrons. The Balaban J connectivity index is 1.68. The summed E-state index contributed by atoms with van der Waals surface area (Å²) in [6.45, 7) is 0. The topological polar surface area (TPSA) is 51.2 Å². The molecule has 2 aliphatic carbocycles. The van der Waals surface area contributed by atoms with Crippen molar-refractivity contribution >= 4 is 40.6 Å². The van der Waals surface area contributed by atoms with Crippen LogP contribution in [-0.4, -0.2) is 17.3 Å². The molecule has 29 heavy (non-hydrogen) atoms. The molecule has 1 fully saturated rings. The lowest BCUT2D eigenvalue weighted by molar-refractivity contribution is 0.0764. The number of halogens is 2. The van der Waals surface area contributed by atoms with Crippen molar-refractivity contribution in [2.45, 2.75) is 5.92 Å². The second kappa shape index (κ2) is 6.38. The van der Waals surface area contributed by atoms with E-state index in [-0.39, 0.29) is 17.3 Å². The number of benzene rings is 3. The lowest BCUT2D eigenvalue weighted by Gasteiger charge is -2.07. The third-order valence-electron chi connectivity index (χ3n) is 6.02. The van der Waals surface area contributed by atoms with Gasteiger partial charge in [-0.05, 0) is 35.9 Å². The Hall–Kier alpha value is -2.75. The first-order valence-electron chi connectivity index (χ1n) is 9.20. The Labute approximate surface area is 177 Å². The van der Waals surface area contributed by atoms with Crippen molar-refractivity contribution in [2.24, 2.45) is 11.3 Å². The van der Waals surface area contributed by atoms with Crippen LogP contribution in [-0.2, 0) is 0 Å². The molecule has 0 heterocycles. The van der Waals surface area contributed by atoms with E-state index in [0.29, 0.717) is 32.3 Å². The van der Waals surface area contributed by atoms with Crippen LogP contribution >= 0.6 is 23.2 Å². The molecule has 3 aromatic carbocycles. The first-order valence-corrected chi connectivity index (χ1v) is 9.96. The Morgan fingerprint density at radius 1 is 0.759 bits per heavy atom. The summed E-state index contributed by atoms with van der Waals surface area (Å²) in [6, 6.07) is 20.3. The largest absolute Gasteiger partial charge is 0.294 e. The van der Waals surface area contributed by atoms with Crippen molar-refractivity contribution in [1.82, 2.24) is 0 Å². The molecule has 2 aliphatic rings. The number of hydrogen-bond donors (Lipinski definition) is 0. The molecule has 5 rings (SSSR count). The molecule has 3 aromatic rings. The molecule has 0 aromatic heterocycles. The average Bonchev–Trinajstić information content (AvgIpc) is 3.38. The van der Waals surface area contributed by atoms with Crippen LogP contribution in [0.15, 0.2) is 72.8 Å². The maximum Gasteiger partial charge on any atom is 0.178 e. The number of carbonyl (C=O) groups excluding carboxylic acids is 3. The zero-order chi connectivity index (χ0) is 20.3. The normalized spacial score (nSPS) is 21.3. The molecule has 1 spiro atoms. The van der Waals surface area contributed by atoms with E-state index in [0.717, 1.165) is 0 Å². The molecule has 3 nitrogen and oxygen atoms in total. The second-order valence-electron chi connectivity index (χ2n) is 7.42. The highest BCUT2D eigenvalue weighted by molar-refractivity contribution is 6.36. The van der Waals surface area contributed by atoms with Crippen LogP contribution in [0.4, 0.5) is 0 Å². The molecular formula is C24H14Cl2O3. The molecule has 1 saturated carbocycles. The van der Waals surface area contributed by atoms with Crippen molar-refractivity contribution < 1.29 is 14.4 Å². The Morgan fingerprint density at radius 3 is 1.90 bits per heavy atom. The fraction of sp³-hybridized carbons (Fsp3) is 0.125. The molecule has 0 saturated heterocycles. The summed E-state index contributed by atoms with van der Waals surface area (Å²) in [7, 11) is 0. The quantitative estimate of drug-likeness (QED) is 0.405. The lowest BCUT2D eigenvalue weighted by Crippen LogP contribution is -2.23. The molecule has 0 unspecified atom stereocenters. The Morgan fingerprint density at radius 2 is 1.31 bits per heavy atom. The third-order valence-corrected chi connectivity index (χ3v) is 6.62. The monoisotopic (exact) mass is 420 g/mol. The van der Waals surface area contributed by atoms with Crippen molar-refractivity contribution in [2.75, 3.05) is 0 Å². The van der Waals surface area contributed by atoms with Gasteiger partial charge in [0.25, 0.3) is 0 Å². The van der Waals surface area contributed by atoms with Crippen LogP contribution < -0.4 is 0 Å². The summed E-state index contributed by atoms with van der Waals surface area (Å²) in [6.07, 6.45) is 0. The van der Waals surface area contributed by atoms with Gasteiger partial charge in [-0.2, -0.15) is 0 Å². The summed E-state index contributed by atoms with van der Waals surface area (Å²) < 4.78 is 0. The zero-order valence-corrected chi connectivity index (χ0v) is 16.6. The third kappa shape index (κ3) is 2.41. The van der Waals surface area contributed by atoms with Crippen molar-refractivity contribution in [3.63, 3.8) is 0 Å². The standard InChI is InChI=1S/C24H14Cl2O3/c25-14-11-9-13(10-12-14)21(27)20-19(17-7-3-4-8-18(17)26)24(20)22(28)15-5-1-2-6-16(15)23(24)29/h1-12,19-20H/t19-,20+/m1/s1. The zero-order valence-electron chi connectivity index (χ0n) is 15.1. The van der Waals surface area contributed by atoms with Crippen LogP contribution in [0.5, 0.6) is 0 Å². The van der Waals surface area contributed by atoms with E-state index >= 15 is 0 Å². The van der Waals surface area contributed by atoms with Gasteiger partial charge < -0.3 is 0 Å². The van der Waals surface area contributed by atoms with Gasteiger partial charge in [-0.3, -0.25) is 14.4 Å². The van der Waals surface area contributed by atoms with E-state index in [2.05, 4.69) is 0 Å². The predicted molar refractivity (Wildman–Crippen MR) is 111 cm³/mol. The summed E-state index contributed by atoms with van der Waals surface area (Å²) in [5.74, 6) is -2.23. The van der Waals surface area contributed by atoms with Crippen LogP contribution in [0.2, 0.25) is 10.0 Å². The maximum absolute atomic E-state index is 13.4. The molecule has 0 N–H and O–H groups in total. The summed E-state index contributed by atoms with van der Waals surface area (Å²) >= 11 is 12.4. The van der Waals surface area contributed by atoms with E-state index in [1.165, 1.54) is 0 Å². The van der Waals surface area contributed by atoms with Crippen molar-refractivity contribution in [1.29, 1.82) is 0 Å². The number of Topliss-reactive ketones (excluding diaryl/α,β-unsaturated/α-hetero) is 3. The number of hydrogen-bond acceptors (Lipinski definition) is 3. The van der Waals surface area contributed by atoms with Gasteiger partial charge in [0.2, 0.25) is 0 Å². The molecule has 5 heteroatoms. The van der Waals surface area contributed by atoms with Crippen LogP contribution in [0, 0.1) is 11.3 Å². The minimum Gasteiger partial charge on any atom is -0.294 e.